The maximum absolute atomic E-state index is 11.3. The van der Waals surface area contributed by atoms with Crippen molar-refractivity contribution in [1.29, 1.82) is 0 Å². The Morgan fingerprint density at radius 2 is 2.16 bits per heavy atom. The zero-order valence-corrected chi connectivity index (χ0v) is 11.8. The highest BCUT2D eigenvalue weighted by molar-refractivity contribution is 5.79. The summed E-state index contributed by atoms with van der Waals surface area (Å²) in [6.45, 7) is 2.64. The van der Waals surface area contributed by atoms with E-state index in [0.717, 1.165) is 39.0 Å². The fourth-order valence-electron chi connectivity index (χ4n) is 3.23. The minimum Gasteiger partial charge on any atom is -0.480 e. The summed E-state index contributed by atoms with van der Waals surface area (Å²) in [5.41, 5.74) is 5.09. The molecular weight excluding hydrogens is 244 g/mol. The van der Waals surface area contributed by atoms with Gasteiger partial charge in [-0.05, 0) is 44.6 Å². The normalized spacial score (nSPS) is 31.0. The third-order valence-electron chi connectivity index (χ3n) is 4.68. The van der Waals surface area contributed by atoms with Gasteiger partial charge in [0.25, 0.3) is 0 Å². The first-order valence-electron chi connectivity index (χ1n) is 7.33. The lowest BCUT2D eigenvalue weighted by Crippen LogP contribution is -2.51. The molecule has 19 heavy (non-hydrogen) atoms. The Balaban J connectivity index is 1.84. The van der Waals surface area contributed by atoms with Gasteiger partial charge in [-0.2, -0.15) is 0 Å². The van der Waals surface area contributed by atoms with Gasteiger partial charge in [0.05, 0.1) is 6.61 Å². The van der Waals surface area contributed by atoms with Crippen molar-refractivity contribution in [3.05, 3.63) is 0 Å². The lowest BCUT2D eigenvalue weighted by molar-refractivity contribution is -0.144. The van der Waals surface area contributed by atoms with E-state index in [1.54, 1.807) is 7.11 Å². The van der Waals surface area contributed by atoms with Gasteiger partial charge in [0.1, 0.15) is 5.54 Å². The van der Waals surface area contributed by atoms with Crippen molar-refractivity contribution in [3.8, 4) is 0 Å². The van der Waals surface area contributed by atoms with E-state index in [0.29, 0.717) is 12.5 Å². The first-order chi connectivity index (χ1) is 9.08. The number of carbonyl (C=O) groups is 1. The molecule has 2 unspecified atom stereocenters. The summed E-state index contributed by atoms with van der Waals surface area (Å²) in [5, 5.41) is 9.31. The van der Waals surface area contributed by atoms with E-state index >= 15 is 0 Å². The molecule has 0 aromatic heterocycles. The van der Waals surface area contributed by atoms with Crippen LogP contribution < -0.4 is 5.73 Å². The van der Waals surface area contributed by atoms with Crippen molar-refractivity contribution < 1.29 is 14.6 Å². The second-order valence-corrected chi connectivity index (χ2v) is 5.98. The van der Waals surface area contributed by atoms with Crippen LogP contribution >= 0.6 is 0 Å². The van der Waals surface area contributed by atoms with E-state index < -0.39 is 11.5 Å². The van der Waals surface area contributed by atoms with Gasteiger partial charge >= 0.3 is 5.97 Å². The molecule has 2 rings (SSSR count). The SMILES string of the molecule is COCCN(CCC1CCCC1(N)C(=O)O)C1CC1. The maximum atomic E-state index is 11.3. The number of ether oxygens (including phenoxy) is 1. The van der Waals surface area contributed by atoms with Crippen LogP contribution in [0.1, 0.15) is 38.5 Å². The molecule has 110 valence electrons. The highest BCUT2D eigenvalue weighted by Gasteiger charge is 2.45. The van der Waals surface area contributed by atoms with Crippen LogP contribution in [0.5, 0.6) is 0 Å². The lowest BCUT2D eigenvalue weighted by Gasteiger charge is -2.29. The molecule has 3 N–H and O–H groups in total. The largest absolute Gasteiger partial charge is 0.480 e. The summed E-state index contributed by atoms with van der Waals surface area (Å²) in [5.74, 6) is -0.710. The van der Waals surface area contributed by atoms with Crippen LogP contribution in [0.3, 0.4) is 0 Å². The number of carboxylic acid groups (broad SMARTS) is 1. The van der Waals surface area contributed by atoms with Crippen LogP contribution in [0.15, 0.2) is 0 Å². The highest BCUT2D eigenvalue weighted by Crippen LogP contribution is 2.37. The van der Waals surface area contributed by atoms with Crippen LogP contribution in [0.4, 0.5) is 0 Å². The molecule has 2 atom stereocenters. The standard InChI is InChI=1S/C14H26N2O3/c1-19-10-9-16(12-4-5-12)8-6-11-3-2-7-14(11,15)13(17)18/h11-12H,2-10,15H2,1H3,(H,17,18). The Bertz CT molecular complexity index is 320. The van der Waals surface area contributed by atoms with Gasteiger partial charge in [0.2, 0.25) is 0 Å². The van der Waals surface area contributed by atoms with E-state index in [1.807, 2.05) is 0 Å². The summed E-state index contributed by atoms with van der Waals surface area (Å²) >= 11 is 0. The van der Waals surface area contributed by atoms with Crippen LogP contribution in [-0.2, 0) is 9.53 Å². The fraction of sp³-hybridized carbons (Fsp3) is 0.929. The van der Waals surface area contributed by atoms with Gasteiger partial charge < -0.3 is 15.6 Å². The molecule has 2 aliphatic rings. The molecule has 2 fully saturated rings. The van der Waals surface area contributed by atoms with Gasteiger partial charge in [0, 0.05) is 19.7 Å². The van der Waals surface area contributed by atoms with E-state index in [1.165, 1.54) is 12.8 Å². The Kier molecular flexibility index (Phi) is 4.81. The molecule has 0 saturated heterocycles. The van der Waals surface area contributed by atoms with Crippen molar-refractivity contribution in [2.24, 2.45) is 11.7 Å². The number of aliphatic carboxylic acids is 1. The molecule has 2 aliphatic carbocycles. The van der Waals surface area contributed by atoms with Crippen molar-refractivity contribution in [1.82, 2.24) is 4.90 Å². The quantitative estimate of drug-likeness (QED) is 0.690. The van der Waals surface area contributed by atoms with Crippen molar-refractivity contribution in [3.63, 3.8) is 0 Å². The van der Waals surface area contributed by atoms with E-state index in [2.05, 4.69) is 4.90 Å². The molecular formula is C14H26N2O3. The van der Waals surface area contributed by atoms with Crippen LogP contribution in [0.2, 0.25) is 0 Å². The van der Waals surface area contributed by atoms with E-state index in [4.69, 9.17) is 10.5 Å². The van der Waals surface area contributed by atoms with E-state index in [9.17, 15) is 9.90 Å². The molecule has 0 aromatic rings. The zero-order valence-electron chi connectivity index (χ0n) is 11.8. The first-order valence-corrected chi connectivity index (χ1v) is 7.33. The predicted molar refractivity (Wildman–Crippen MR) is 73.0 cm³/mol. The lowest BCUT2D eigenvalue weighted by atomic mass is 9.85. The number of nitrogens with two attached hydrogens (primary N) is 1. The Hall–Kier alpha value is -0.650. The second-order valence-electron chi connectivity index (χ2n) is 5.98. The summed E-state index contributed by atoms with van der Waals surface area (Å²) in [6.07, 6.45) is 5.93. The monoisotopic (exact) mass is 270 g/mol. The summed E-state index contributed by atoms with van der Waals surface area (Å²) in [6, 6.07) is 0.688. The highest BCUT2D eigenvalue weighted by atomic mass is 16.5. The maximum Gasteiger partial charge on any atom is 0.323 e. The first kappa shape index (κ1) is 14.8. The minimum absolute atomic E-state index is 0.119. The molecule has 0 aromatic carbocycles. The van der Waals surface area contributed by atoms with Gasteiger partial charge in [0.15, 0.2) is 0 Å². The van der Waals surface area contributed by atoms with Gasteiger partial charge in [-0.3, -0.25) is 9.69 Å². The molecule has 0 heterocycles. The number of carboxylic acids is 1. The van der Waals surface area contributed by atoms with Gasteiger partial charge in [-0.1, -0.05) is 6.42 Å². The Morgan fingerprint density at radius 1 is 1.42 bits per heavy atom. The molecule has 0 bridgehead atoms. The molecule has 0 spiro atoms. The van der Waals surface area contributed by atoms with Crippen LogP contribution in [-0.4, -0.2) is 54.4 Å². The smallest absolute Gasteiger partial charge is 0.323 e. The molecule has 0 aliphatic heterocycles. The average Bonchev–Trinajstić information content (AvgIpc) is 3.14. The summed E-state index contributed by atoms with van der Waals surface area (Å²) in [7, 11) is 1.72. The number of methoxy groups -OCH3 is 1. The third kappa shape index (κ3) is 3.46. The Morgan fingerprint density at radius 3 is 2.74 bits per heavy atom. The van der Waals surface area contributed by atoms with Crippen molar-refractivity contribution in [2.45, 2.75) is 50.1 Å². The number of hydrogen-bond acceptors (Lipinski definition) is 4. The van der Waals surface area contributed by atoms with Crippen LogP contribution in [0, 0.1) is 5.92 Å². The zero-order chi connectivity index (χ0) is 13.9. The number of rotatable bonds is 8. The van der Waals surface area contributed by atoms with Crippen molar-refractivity contribution >= 4 is 5.97 Å². The summed E-state index contributed by atoms with van der Waals surface area (Å²) < 4.78 is 5.14. The van der Waals surface area contributed by atoms with Crippen molar-refractivity contribution in [2.75, 3.05) is 26.8 Å². The molecule has 0 amide bonds. The molecule has 2 saturated carbocycles. The average molecular weight is 270 g/mol. The number of hydrogen-bond donors (Lipinski definition) is 2. The predicted octanol–water partition coefficient (Wildman–Crippen LogP) is 1.07. The van der Waals surface area contributed by atoms with E-state index in [-0.39, 0.29) is 5.92 Å². The van der Waals surface area contributed by atoms with Gasteiger partial charge in [-0.25, -0.2) is 0 Å². The molecule has 0 radical (unpaired) electrons. The van der Waals surface area contributed by atoms with Crippen LogP contribution in [0.25, 0.3) is 0 Å². The van der Waals surface area contributed by atoms with Gasteiger partial charge in [-0.15, -0.1) is 0 Å². The Labute approximate surface area is 115 Å². The fourth-order valence-corrected chi connectivity index (χ4v) is 3.23. The molecule has 5 nitrogen and oxygen atoms in total. The third-order valence-corrected chi connectivity index (χ3v) is 4.68. The minimum atomic E-state index is -0.990. The molecule has 5 heteroatoms. The summed E-state index contributed by atoms with van der Waals surface area (Å²) in [4.78, 5) is 13.8. The topological polar surface area (TPSA) is 75.8 Å². The number of nitrogens with zero attached hydrogens (tertiary/aromatic N) is 1. The second kappa shape index (κ2) is 6.20.